The van der Waals surface area contributed by atoms with Crippen molar-refractivity contribution in [3.8, 4) is 0 Å². The first-order valence-corrected chi connectivity index (χ1v) is 9.77. The van der Waals surface area contributed by atoms with Crippen molar-refractivity contribution in [3.63, 3.8) is 0 Å². The Labute approximate surface area is 107 Å². The van der Waals surface area contributed by atoms with Gasteiger partial charge in [-0.25, -0.2) is 0 Å². The van der Waals surface area contributed by atoms with E-state index in [0.29, 0.717) is 0 Å². The van der Waals surface area contributed by atoms with Crippen molar-refractivity contribution in [3.05, 3.63) is 39.4 Å². The molecule has 0 aliphatic rings. The molecule has 0 fully saturated rings. The average molecular weight is 412 g/mol. The Morgan fingerprint density at radius 2 is 1.07 bits per heavy atom. The third-order valence-electron chi connectivity index (χ3n) is 1.51. The van der Waals surface area contributed by atoms with Gasteiger partial charge in [-0.3, -0.25) is 0 Å². The predicted octanol–water partition coefficient (Wildman–Crippen LogP) is 3.76. The van der Waals surface area contributed by atoms with Gasteiger partial charge in [0, 0.05) is 0 Å². The van der Waals surface area contributed by atoms with Gasteiger partial charge in [-0.2, -0.15) is 0 Å². The molecular formula is C10H24OPtSi2. The fourth-order valence-electron chi connectivity index (χ4n) is 0.761. The largest absolute Gasteiger partial charge is 2.00 e. The molecule has 0 aromatic rings. The smallest absolute Gasteiger partial charge is 0.449 e. The van der Waals surface area contributed by atoms with Crippen molar-refractivity contribution in [2.45, 2.75) is 26.2 Å². The maximum Gasteiger partial charge on any atom is 2.00 e. The molecule has 0 aromatic heterocycles. The van der Waals surface area contributed by atoms with Crippen LogP contribution in [0.1, 0.15) is 0 Å². The Hall–Kier alpha value is 0.562. The molecule has 0 N–H and O–H groups in total. The van der Waals surface area contributed by atoms with Gasteiger partial charge in [0.2, 0.25) is 0 Å². The molecule has 14 heavy (non-hydrogen) atoms. The van der Waals surface area contributed by atoms with E-state index in [2.05, 4.69) is 39.3 Å². The standard InChI is InChI=1S/C8H18OSi2.2CH3.Pt/c1-7-10(3,4)9-11(5,6)8-2;;;/h7-8H,1-2H2,3-6H3;2*1H3;/q;2*-1;+2. The van der Waals surface area contributed by atoms with Crippen LogP contribution in [-0.4, -0.2) is 16.6 Å². The molecule has 0 atom stereocenters. The Morgan fingerprint density at radius 3 is 1.21 bits per heavy atom. The van der Waals surface area contributed by atoms with E-state index in [1.165, 1.54) is 0 Å². The summed E-state index contributed by atoms with van der Waals surface area (Å²) in [5.74, 6) is 0. The van der Waals surface area contributed by atoms with Crippen molar-refractivity contribution in [1.82, 2.24) is 0 Å². The van der Waals surface area contributed by atoms with Crippen molar-refractivity contribution < 1.29 is 25.2 Å². The molecule has 88 valence electrons. The molecule has 0 bridgehead atoms. The monoisotopic (exact) mass is 411 g/mol. The van der Waals surface area contributed by atoms with Crippen LogP contribution in [0.5, 0.6) is 0 Å². The third kappa shape index (κ3) is 10.6. The fourth-order valence-corrected chi connectivity index (χ4v) is 6.85. The zero-order valence-corrected chi connectivity index (χ0v) is 14.6. The minimum absolute atomic E-state index is 0. The summed E-state index contributed by atoms with van der Waals surface area (Å²) < 4.78 is 5.97. The first-order valence-electron chi connectivity index (χ1n) is 3.80. The van der Waals surface area contributed by atoms with E-state index in [4.69, 9.17) is 4.12 Å². The Bertz CT molecular complexity index is 150. The molecule has 0 heterocycles. The van der Waals surface area contributed by atoms with E-state index >= 15 is 0 Å². The van der Waals surface area contributed by atoms with Gasteiger partial charge >= 0.3 is 21.1 Å². The van der Waals surface area contributed by atoms with E-state index in [-0.39, 0.29) is 35.9 Å². The minimum atomic E-state index is -1.58. The molecule has 0 aliphatic heterocycles. The van der Waals surface area contributed by atoms with Gasteiger partial charge < -0.3 is 19.0 Å². The molecule has 0 rings (SSSR count). The molecule has 0 radical (unpaired) electrons. The van der Waals surface area contributed by atoms with Crippen LogP contribution in [0.3, 0.4) is 0 Å². The Balaban J connectivity index is -0.000000167. The van der Waals surface area contributed by atoms with Crippen LogP contribution in [0.25, 0.3) is 0 Å². The van der Waals surface area contributed by atoms with Crippen molar-refractivity contribution in [2.75, 3.05) is 0 Å². The quantitative estimate of drug-likeness (QED) is 0.506. The van der Waals surface area contributed by atoms with E-state index < -0.39 is 16.6 Å². The predicted molar refractivity (Wildman–Crippen MR) is 69.3 cm³/mol. The number of hydrogen-bond donors (Lipinski definition) is 0. The van der Waals surface area contributed by atoms with Gasteiger partial charge in [0.15, 0.2) is 16.6 Å². The fraction of sp³-hybridized carbons (Fsp3) is 0.400. The molecule has 1 nitrogen and oxygen atoms in total. The molecule has 0 unspecified atom stereocenters. The second-order valence-electron chi connectivity index (χ2n) is 3.72. The van der Waals surface area contributed by atoms with Gasteiger partial charge in [-0.1, -0.05) is 11.4 Å². The number of rotatable bonds is 4. The van der Waals surface area contributed by atoms with Crippen LogP contribution in [0.2, 0.25) is 26.2 Å². The van der Waals surface area contributed by atoms with Gasteiger partial charge in [0.25, 0.3) is 0 Å². The maximum atomic E-state index is 5.97. The van der Waals surface area contributed by atoms with Gasteiger partial charge in [-0.15, -0.1) is 13.2 Å². The average Bonchev–Trinajstić information content (AvgIpc) is 1.86. The van der Waals surface area contributed by atoms with Crippen molar-refractivity contribution in [2.24, 2.45) is 0 Å². The van der Waals surface area contributed by atoms with E-state index in [9.17, 15) is 0 Å². The summed E-state index contributed by atoms with van der Waals surface area (Å²) in [6.07, 6.45) is 0. The zero-order chi connectivity index (χ0) is 9.12. The van der Waals surface area contributed by atoms with Gasteiger partial charge in [-0.05, 0) is 26.2 Å². The van der Waals surface area contributed by atoms with Crippen LogP contribution in [0.15, 0.2) is 24.6 Å². The summed E-state index contributed by atoms with van der Waals surface area (Å²) in [6, 6.07) is 0. The van der Waals surface area contributed by atoms with E-state index in [1.54, 1.807) is 0 Å². The topological polar surface area (TPSA) is 9.23 Å². The zero-order valence-electron chi connectivity index (χ0n) is 10.3. The number of hydrogen-bond acceptors (Lipinski definition) is 1. The molecule has 0 amide bonds. The van der Waals surface area contributed by atoms with Gasteiger partial charge in [0.05, 0.1) is 0 Å². The Morgan fingerprint density at radius 1 is 0.857 bits per heavy atom. The van der Waals surface area contributed by atoms with Crippen LogP contribution < -0.4 is 0 Å². The first kappa shape index (κ1) is 24.0. The van der Waals surface area contributed by atoms with E-state index in [0.717, 1.165) is 0 Å². The molecule has 0 saturated heterocycles. The van der Waals surface area contributed by atoms with Crippen molar-refractivity contribution in [1.29, 1.82) is 0 Å². The van der Waals surface area contributed by atoms with Crippen LogP contribution in [0.4, 0.5) is 0 Å². The molecule has 0 aromatic carbocycles. The summed E-state index contributed by atoms with van der Waals surface area (Å²) in [5, 5.41) is 0. The van der Waals surface area contributed by atoms with Crippen molar-refractivity contribution >= 4 is 16.6 Å². The SMILES string of the molecule is C=C[Si](C)(C)O[Si](C)(C)C=C.[CH3-].[CH3-].[Pt+2]. The Kier molecular flexibility index (Phi) is 15.2. The van der Waals surface area contributed by atoms with Crippen LogP contribution in [0, 0.1) is 14.9 Å². The van der Waals surface area contributed by atoms with E-state index in [1.807, 2.05) is 11.4 Å². The summed E-state index contributed by atoms with van der Waals surface area (Å²) in [5.41, 5.74) is 3.93. The third-order valence-corrected chi connectivity index (χ3v) is 7.68. The molecular weight excluding hydrogens is 387 g/mol. The summed E-state index contributed by atoms with van der Waals surface area (Å²) in [6.45, 7) is 16.2. The molecule has 0 aliphatic carbocycles. The van der Waals surface area contributed by atoms with Crippen LogP contribution >= 0.6 is 0 Å². The summed E-state index contributed by atoms with van der Waals surface area (Å²) >= 11 is 0. The second kappa shape index (κ2) is 8.84. The van der Waals surface area contributed by atoms with Gasteiger partial charge in [0.1, 0.15) is 0 Å². The summed E-state index contributed by atoms with van der Waals surface area (Å²) in [7, 11) is -3.16. The van der Waals surface area contributed by atoms with Crippen LogP contribution in [-0.2, 0) is 25.2 Å². The minimum Gasteiger partial charge on any atom is -0.449 e. The maximum absolute atomic E-state index is 5.97. The second-order valence-corrected chi connectivity index (χ2v) is 11.8. The molecule has 0 spiro atoms. The molecule has 4 heteroatoms. The molecule has 0 saturated carbocycles. The summed E-state index contributed by atoms with van der Waals surface area (Å²) in [4.78, 5) is 0. The normalized spacial score (nSPS) is 10.0. The first-order chi connectivity index (χ1) is 4.83.